The first-order valence-electron chi connectivity index (χ1n) is 7.43. The van der Waals surface area contributed by atoms with Crippen molar-refractivity contribution in [2.24, 2.45) is 0 Å². The summed E-state index contributed by atoms with van der Waals surface area (Å²) in [5, 5.41) is 13.4. The minimum atomic E-state index is -0.886. The fraction of sp³-hybridized carbons (Fsp3) is 0.0556. The van der Waals surface area contributed by atoms with E-state index in [4.69, 9.17) is 5.11 Å². The number of carbonyl (C=O) groups is 1. The molecule has 0 saturated heterocycles. The van der Waals surface area contributed by atoms with Crippen LogP contribution in [0, 0.1) is 0 Å². The molecule has 0 bridgehead atoms. The van der Waals surface area contributed by atoms with Crippen LogP contribution in [0.4, 0.5) is 0 Å². The third kappa shape index (κ3) is 2.25. The molecule has 0 aliphatic heterocycles. The molecule has 0 radical (unpaired) electrons. The molecule has 0 unspecified atom stereocenters. The summed E-state index contributed by atoms with van der Waals surface area (Å²) in [6, 6.07) is 14.5. The largest absolute Gasteiger partial charge is 0.481 e. The molecule has 0 fully saturated rings. The van der Waals surface area contributed by atoms with E-state index in [0.717, 1.165) is 16.4 Å². The van der Waals surface area contributed by atoms with Crippen molar-refractivity contribution >= 4 is 27.8 Å². The van der Waals surface area contributed by atoms with E-state index < -0.39 is 5.97 Å². The molecule has 2 N–H and O–H groups in total. The highest BCUT2D eigenvalue weighted by Gasteiger charge is 2.12. The summed E-state index contributed by atoms with van der Waals surface area (Å²) in [6.07, 6.45) is 1.53. The maximum Gasteiger partial charge on any atom is 0.307 e. The number of nitrogens with zero attached hydrogens (tertiary/aromatic N) is 2. The van der Waals surface area contributed by atoms with Crippen LogP contribution >= 0.6 is 0 Å². The highest BCUT2D eigenvalue weighted by molar-refractivity contribution is 6.02. The summed E-state index contributed by atoms with van der Waals surface area (Å²) >= 11 is 0. The lowest BCUT2D eigenvalue weighted by molar-refractivity contribution is -0.136. The van der Waals surface area contributed by atoms with Crippen LogP contribution in [-0.2, 0) is 11.2 Å². The van der Waals surface area contributed by atoms with E-state index in [0.29, 0.717) is 16.6 Å². The van der Waals surface area contributed by atoms with Crippen molar-refractivity contribution < 1.29 is 9.90 Å². The first-order valence-corrected chi connectivity index (χ1v) is 7.43. The Morgan fingerprint density at radius 2 is 1.83 bits per heavy atom. The SMILES string of the molecule is O=C(O)Cc1ccc(-n2[nH]c3c(cnc4ccccc43)c2=O)cc1. The fourth-order valence-electron chi connectivity index (χ4n) is 2.83. The van der Waals surface area contributed by atoms with Gasteiger partial charge in [-0.1, -0.05) is 30.3 Å². The van der Waals surface area contributed by atoms with Crippen LogP contribution in [0.3, 0.4) is 0 Å². The number of aromatic nitrogens is 3. The molecule has 6 heteroatoms. The van der Waals surface area contributed by atoms with Crippen LogP contribution in [0.15, 0.2) is 59.5 Å². The molecule has 4 rings (SSSR count). The third-order valence-corrected chi connectivity index (χ3v) is 3.98. The predicted octanol–water partition coefficient (Wildman–Crippen LogP) is 2.49. The van der Waals surface area contributed by atoms with Crippen molar-refractivity contribution in [3.05, 3.63) is 70.6 Å². The van der Waals surface area contributed by atoms with Gasteiger partial charge in [0.25, 0.3) is 5.56 Å². The van der Waals surface area contributed by atoms with Crippen molar-refractivity contribution in [1.82, 2.24) is 14.8 Å². The molecule has 6 nitrogen and oxygen atoms in total. The van der Waals surface area contributed by atoms with Gasteiger partial charge in [-0.25, -0.2) is 4.68 Å². The van der Waals surface area contributed by atoms with E-state index in [9.17, 15) is 9.59 Å². The van der Waals surface area contributed by atoms with Gasteiger partial charge in [0.2, 0.25) is 0 Å². The number of hydrogen-bond acceptors (Lipinski definition) is 3. The van der Waals surface area contributed by atoms with Crippen molar-refractivity contribution in [2.75, 3.05) is 0 Å². The van der Waals surface area contributed by atoms with Gasteiger partial charge in [-0.15, -0.1) is 0 Å². The monoisotopic (exact) mass is 319 g/mol. The second-order valence-electron chi connectivity index (χ2n) is 5.55. The van der Waals surface area contributed by atoms with Gasteiger partial charge in [0, 0.05) is 11.6 Å². The lowest BCUT2D eigenvalue weighted by atomic mass is 10.1. The third-order valence-electron chi connectivity index (χ3n) is 3.98. The quantitative estimate of drug-likeness (QED) is 0.607. The van der Waals surface area contributed by atoms with Gasteiger partial charge in [-0.3, -0.25) is 19.7 Å². The smallest absolute Gasteiger partial charge is 0.307 e. The summed E-state index contributed by atoms with van der Waals surface area (Å²) in [4.78, 5) is 27.7. The zero-order valence-corrected chi connectivity index (χ0v) is 12.6. The molecule has 0 atom stereocenters. The Balaban J connectivity index is 1.88. The minimum absolute atomic E-state index is 0.0452. The molecule has 0 aliphatic carbocycles. The van der Waals surface area contributed by atoms with Gasteiger partial charge >= 0.3 is 5.97 Å². The molecule has 0 amide bonds. The molecular weight excluding hydrogens is 306 g/mol. The maximum atomic E-state index is 12.6. The normalized spacial score (nSPS) is 11.2. The number of pyridine rings is 1. The average molecular weight is 319 g/mol. The minimum Gasteiger partial charge on any atom is -0.481 e. The highest BCUT2D eigenvalue weighted by Crippen LogP contribution is 2.20. The predicted molar refractivity (Wildman–Crippen MR) is 90.5 cm³/mol. The summed E-state index contributed by atoms with van der Waals surface area (Å²) in [5.41, 5.74) is 2.70. The van der Waals surface area contributed by atoms with Crippen LogP contribution in [0.5, 0.6) is 0 Å². The molecule has 2 heterocycles. The number of rotatable bonds is 3. The Morgan fingerprint density at radius 1 is 1.08 bits per heavy atom. The molecule has 2 aromatic heterocycles. The van der Waals surface area contributed by atoms with Crippen molar-refractivity contribution in [3.63, 3.8) is 0 Å². The first kappa shape index (κ1) is 14.2. The fourth-order valence-corrected chi connectivity index (χ4v) is 2.83. The Morgan fingerprint density at radius 3 is 2.58 bits per heavy atom. The molecule has 0 aliphatic rings. The summed E-state index contributed by atoms with van der Waals surface area (Å²) in [5.74, 6) is -0.886. The van der Waals surface area contributed by atoms with Crippen molar-refractivity contribution in [2.45, 2.75) is 6.42 Å². The number of aromatic amines is 1. The maximum absolute atomic E-state index is 12.6. The zero-order chi connectivity index (χ0) is 16.7. The van der Waals surface area contributed by atoms with Gasteiger partial charge in [0.05, 0.1) is 28.5 Å². The van der Waals surface area contributed by atoms with E-state index in [1.807, 2.05) is 24.3 Å². The Hall–Kier alpha value is -3.41. The summed E-state index contributed by atoms with van der Waals surface area (Å²) in [6.45, 7) is 0. The number of benzene rings is 2. The van der Waals surface area contributed by atoms with Crippen LogP contribution in [0.2, 0.25) is 0 Å². The van der Waals surface area contributed by atoms with Gasteiger partial charge in [-0.2, -0.15) is 0 Å². The number of carboxylic acids is 1. The number of hydrogen-bond donors (Lipinski definition) is 2. The van der Waals surface area contributed by atoms with Crippen molar-refractivity contribution in [3.8, 4) is 5.69 Å². The molecule has 2 aromatic carbocycles. The van der Waals surface area contributed by atoms with Gasteiger partial charge in [0.1, 0.15) is 0 Å². The Labute approximate surface area is 136 Å². The average Bonchev–Trinajstić information content (AvgIpc) is 2.92. The molecule has 0 saturated carbocycles. The summed E-state index contributed by atoms with van der Waals surface area (Å²) in [7, 11) is 0. The van der Waals surface area contributed by atoms with E-state index in [1.54, 1.807) is 30.5 Å². The van der Waals surface area contributed by atoms with Crippen LogP contribution < -0.4 is 5.56 Å². The number of carboxylic acid groups (broad SMARTS) is 1. The number of para-hydroxylation sites is 1. The molecule has 118 valence electrons. The second kappa shape index (κ2) is 5.34. The van der Waals surface area contributed by atoms with E-state index >= 15 is 0 Å². The zero-order valence-electron chi connectivity index (χ0n) is 12.6. The summed E-state index contributed by atoms with van der Waals surface area (Å²) < 4.78 is 1.45. The highest BCUT2D eigenvalue weighted by atomic mass is 16.4. The van der Waals surface area contributed by atoms with Crippen molar-refractivity contribution in [1.29, 1.82) is 0 Å². The molecule has 24 heavy (non-hydrogen) atoms. The Bertz CT molecular complexity index is 1120. The lowest BCUT2D eigenvalue weighted by Crippen LogP contribution is -2.14. The standard InChI is InChI=1S/C18H13N3O3/c22-16(23)9-11-5-7-12(8-6-11)21-18(24)14-10-19-15-4-2-1-3-13(15)17(14)20-21/h1-8,10,20H,9H2,(H,22,23). The number of aliphatic carboxylic acids is 1. The number of H-pyrrole nitrogens is 1. The van der Waals surface area contributed by atoms with Crippen LogP contribution in [0.1, 0.15) is 5.56 Å². The first-order chi connectivity index (χ1) is 11.6. The second-order valence-corrected chi connectivity index (χ2v) is 5.55. The lowest BCUT2D eigenvalue weighted by Gasteiger charge is -2.03. The molecule has 4 aromatic rings. The van der Waals surface area contributed by atoms with E-state index in [-0.39, 0.29) is 12.0 Å². The molecule has 0 spiro atoms. The van der Waals surface area contributed by atoms with E-state index in [1.165, 1.54) is 4.68 Å². The van der Waals surface area contributed by atoms with Crippen LogP contribution in [0.25, 0.3) is 27.5 Å². The topological polar surface area (TPSA) is 88.0 Å². The van der Waals surface area contributed by atoms with Gasteiger partial charge < -0.3 is 5.11 Å². The molecular formula is C18H13N3O3. The Kier molecular flexibility index (Phi) is 3.16. The van der Waals surface area contributed by atoms with Gasteiger partial charge in [-0.05, 0) is 23.8 Å². The van der Waals surface area contributed by atoms with Crippen LogP contribution in [-0.4, -0.2) is 25.8 Å². The van der Waals surface area contributed by atoms with Gasteiger partial charge in [0.15, 0.2) is 0 Å². The number of nitrogens with one attached hydrogen (secondary N) is 1. The van der Waals surface area contributed by atoms with E-state index in [2.05, 4.69) is 10.1 Å². The number of fused-ring (bicyclic) bond motifs is 3.